The van der Waals surface area contributed by atoms with Crippen LogP contribution >= 0.6 is 0 Å². The number of fused-ring (bicyclic) bond motifs is 1. The lowest BCUT2D eigenvalue weighted by molar-refractivity contribution is -0.137. The number of pyridine rings is 1. The number of nitrogens with one attached hydrogen (secondary N) is 1. The van der Waals surface area contributed by atoms with Crippen molar-refractivity contribution in [3.05, 3.63) is 120 Å². The highest BCUT2D eigenvalue weighted by Gasteiger charge is 2.31. The van der Waals surface area contributed by atoms with E-state index in [-0.39, 0.29) is 16.9 Å². The summed E-state index contributed by atoms with van der Waals surface area (Å²) < 4.78 is 42.0. The second-order valence-electron chi connectivity index (χ2n) is 8.38. The molecule has 5 rings (SSSR count). The molecule has 1 N–H and O–H groups in total. The van der Waals surface area contributed by atoms with E-state index in [1.54, 1.807) is 30.6 Å². The van der Waals surface area contributed by atoms with Gasteiger partial charge in [-0.1, -0.05) is 42.2 Å². The Morgan fingerprint density at radius 3 is 2.54 bits per heavy atom. The van der Waals surface area contributed by atoms with Crippen LogP contribution in [0.3, 0.4) is 0 Å². The number of amides is 1. The Morgan fingerprint density at radius 1 is 0.946 bits per heavy atom. The van der Waals surface area contributed by atoms with Crippen molar-refractivity contribution in [1.82, 2.24) is 14.5 Å². The van der Waals surface area contributed by atoms with Gasteiger partial charge in [-0.25, -0.2) is 4.98 Å². The fourth-order valence-corrected chi connectivity index (χ4v) is 3.86. The Labute approximate surface area is 210 Å². The first-order valence-corrected chi connectivity index (χ1v) is 11.3. The number of nitrogens with zero attached hydrogens (tertiary/aromatic N) is 3. The highest BCUT2D eigenvalue weighted by atomic mass is 19.4. The molecule has 0 aliphatic rings. The van der Waals surface area contributed by atoms with Crippen molar-refractivity contribution in [3.63, 3.8) is 0 Å². The zero-order valence-corrected chi connectivity index (χ0v) is 19.5. The third-order valence-corrected chi connectivity index (χ3v) is 5.81. The topological polar surface area (TPSA) is 59.8 Å². The molecule has 0 spiro atoms. The number of anilines is 1. The minimum atomic E-state index is -4.58. The van der Waals surface area contributed by atoms with Gasteiger partial charge in [0.1, 0.15) is 0 Å². The van der Waals surface area contributed by atoms with E-state index in [0.29, 0.717) is 5.56 Å². The molecule has 0 saturated heterocycles. The van der Waals surface area contributed by atoms with E-state index in [9.17, 15) is 18.0 Å². The molecule has 0 bridgehead atoms. The molecule has 2 aromatic heterocycles. The van der Waals surface area contributed by atoms with Crippen molar-refractivity contribution in [2.75, 3.05) is 5.32 Å². The zero-order chi connectivity index (χ0) is 26.0. The fraction of sp³-hybridized carbons (Fsp3) is 0.0690. The van der Waals surface area contributed by atoms with E-state index in [1.165, 1.54) is 29.4 Å². The molecule has 0 fully saturated rings. The third kappa shape index (κ3) is 5.21. The van der Waals surface area contributed by atoms with Gasteiger partial charge in [0, 0.05) is 58.1 Å². The maximum atomic E-state index is 13.5. The molecule has 2 heterocycles. The van der Waals surface area contributed by atoms with Gasteiger partial charge in [0.15, 0.2) is 0 Å². The minimum absolute atomic E-state index is 0.0126. The Morgan fingerprint density at radius 2 is 1.76 bits per heavy atom. The first-order valence-electron chi connectivity index (χ1n) is 11.3. The number of hydrogen-bond donors (Lipinski definition) is 1. The lowest BCUT2D eigenvalue weighted by Crippen LogP contribution is -2.14. The monoisotopic (exact) mass is 496 g/mol. The first-order chi connectivity index (χ1) is 17.8. The van der Waals surface area contributed by atoms with Crippen molar-refractivity contribution in [2.45, 2.75) is 13.1 Å². The molecule has 3 aromatic carbocycles. The van der Waals surface area contributed by atoms with Crippen molar-refractivity contribution < 1.29 is 18.0 Å². The van der Waals surface area contributed by atoms with Crippen LogP contribution in [0.25, 0.3) is 16.5 Å². The number of halogens is 3. The van der Waals surface area contributed by atoms with Crippen LogP contribution in [-0.4, -0.2) is 20.4 Å². The van der Waals surface area contributed by atoms with Crippen LogP contribution in [0.2, 0.25) is 0 Å². The van der Waals surface area contributed by atoms with Crippen LogP contribution in [0, 0.1) is 18.8 Å². The van der Waals surface area contributed by atoms with Crippen molar-refractivity contribution in [3.8, 4) is 17.5 Å². The third-order valence-electron chi connectivity index (χ3n) is 5.81. The molecular formula is C29H19F3N4O. The summed E-state index contributed by atoms with van der Waals surface area (Å²) in [6, 6.07) is 16.1. The molecule has 5 aromatic rings. The van der Waals surface area contributed by atoms with Crippen LogP contribution in [-0.2, 0) is 6.18 Å². The molecule has 0 aliphatic heterocycles. The summed E-state index contributed by atoms with van der Waals surface area (Å²) in [5.74, 6) is 5.69. The molecule has 0 unspecified atom stereocenters. The Hall–Kier alpha value is -4.90. The molecule has 0 aliphatic carbocycles. The largest absolute Gasteiger partial charge is 0.416 e. The predicted molar refractivity (Wildman–Crippen MR) is 135 cm³/mol. The van der Waals surface area contributed by atoms with Crippen molar-refractivity contribution >= 4 is 22.4 Å². The zero-order valence-electron chi connectivity index (χ0n) is 19.5. The van der Waals surface area contributed by atoms with Crippen LogP contribution in [0.1, 0.15) is 32.6 Å². The van der Waals surface area contributed by atoms with Gasteiger partial charge in [0.05, 0.1) is 17.5 Å². The normalized spacial score (nSPS) is 11.1. The van der Waals surface area contributed by atoms with Gasteiger partial charge in [0.2, 0.25) is 0 Å². The number of aromatic nitrogens is 3. The predicted octanol–water partition coefficient (Wildman–Crippen LogP) is 6.40. The summed E-state index contributed by atoms with van der Waals surface area (Å²) >= 11 is 0. The van der Waals surface area contributed by atoms with Crippen LogP contribution in [0.4, 0.5) is 18.9 Å². The van der Waals surface area contributed by atoms with Crippen LogP contribution in [0.15, 0.2) is 91.8 Å². The van der Waals surface area contributed by atoms with E-state index in [1.807, 2.05) is 31.2 Å². The quantitative estimate of drug-likeness (QED) is 0.294. The lowest BCUT2D eigenvalue weighted by atomic mass is 10.0. The number of hydrogen-bond acceptors (Lipinski definition) is 3. The molecule has 8 heteroatoms. The van der Waals surface area contributed by atoms with Gasteiger partial charge >= 0.3 is 6.18 Å². The Kier molecular flexibility index (Phi) is 6.20. The molecule has 37 heavy (non-hydrogen) atoms. The molecule has 0 radical (unpaired) electrons. The summed E-state index contributed by atoms with van der Waals surface area (Å²) in [6.07, 6.45) is 3.24. The second-order valence-corrected chi connectivity index (χ2v) is 8.38. The smallest absolute Gasteiger partial charge is 0.322 e. The van der Waals surface area contributed by atoms with Gasteiger partial charge in [-0.2, -0.15) is 13.2 Å². The van der Waals surface area contributed by atoms with Gasteiger partial charge in [-0.3, -0.25) is 9.78 Å². The Balaban J connectivity index is 1.45. The lowest BCUT2D eigenvalue weighted by Gasteiger charge is -2.14. The first kappa shape index (κ1) is 23.8. The maximum absolute atomic E-state index is 13.5. The van der Waals surface area contributed by atoms with Crippen molar-refractivity contribution in [2.24, 2.45) is 0 Å². The van der Waals surface area contributed by atoms with Crippen LogP contribution < -0.4 is 5.32 Å². The average molecular weight is 496 g/mol. The molecular weight excluding hydrogens is 477 g/mol. The number of rotatable bonds is 3. The van der Waals surface area contributed by atoms with Gasteiger partial charge in [-0.15, -0.1) is 0 Å². The van der Waals surface area contributed by atoms with E-state index in [4.69, 9.17) is 0 Å². The summed E-state index contributed by atoms with van der Waals surface area (Å²) in [5.41, 5.74) is 1.87. The number of imidazole rings is 1. The van der Waals surface area contributed by atoms with E-state index >= 15 is 0 Å². The second kappa shape index (κ2) is 9.63. The SMILES string of the molecule is Cc1ccc(C(=O)Nc2cc(-n3ccnc3)cc(C(F)(F)F)c2)cc1C#Cc1cncc2ccccc12. The highest BCUT2D eigenvalue weighted by molar-refractivity contribution is 6.04. The van der Waals surface area contributed by atoms with Crippen LogP contribution in [0.5, 0.6) is 0 Å². The summed E-state index contributed by atoms with van der Waals surface area (Å²) in [4.78, 5) is 21.1. The summed E-state index contributed by atoms with van der Waals surface area (Å²) in [5, 5.41) is 4.52. The van der Waals surface area contributed by atoms with Gasteiger partial charge < -0.3 is 9.88 Å². The maximum Gasteiger partial charge on any atom is 0.416 e. The molecule has 0 saturated carbocycles. The summed E-state index contributed by atoms with van der Waals surface area (Å²) in [7, 11) is 0. The van der Waals surface area contributed by atoms with E-state index in [2.05, 4.69) is 27.1 Å². The number of benzene rings is 3. The minimum Gasteiger partial charge on any atom is -0.322 e. The number of aryl methyl sites for hydroxylation is 1. The van der Waals surface area contributed by atoms with Gasteiger partial charge in [-0.05, 0) is 42.8 Å². The number of carbonyl (C=O) groups is 1. The number of alkyl halides is 3. The standard InChI is InChI=1S/C29H19F3N4O/c1-19-6-7-21(12-20(19)8-9-23-17-34-16-22-4-2-3-5-27(22)23)28(37)35-25-13-24(29(30,31)32)14-26(15-25)36-11-10-33-18-36/h2-7,10-18H,1H3,(H,35,37). The molecule has 182 valence electrons. The van der Waals surface area contributed by atoms with Gasteiger partial charge in [0.25, 0.3) is 5.91 Å². The van der Waals surface area contributed by atoms with Crippen molar-refractivity contribution in [1.29, 1.82) is 0 Å². The molecule has 1 amide bonds. The molecule has 0 atom stereocenters. The van der Waals surface area contributed by atoms with E-state index in [0.717, 1.165) is 34.0 Å². The summed E-state index contributed by atoms with van der Waals surface area (Å²) in [6.45, 7) is 1.87. The fourth-order valence-electron chi connectivity index (χ4n) is 3.86. The molecule has 5 nitrogen and oxygen atoms in total. The highest BCUT2D eigenvalue weighted by Crippen LogP contribution is 2.33. The number of carbonyl (C=O) groups excluding carboxylic acids is 1. The average Bonchev–Trinajstić information content (AvgIpc) is 3.43. The van der Waals surface area contributed by atoms with E-state index < -0.39 is 17.6 Å². The Bertz CT molecular complexity index is 1670.